The minimum absolute atomic E-state index is 0.102. The van der Waals surface area contributed by atoms with Gasteiger partial charge in [0.1, 0.15) is 0 Å². The Morgan fingerprint density at radius 2 is 1.86 bits per heavy atom. The van der Waals surface area contributed by atoms with Gasteiger partial charge in [-0.1, -0.05) is 35.4 Å². The summed E-state index contributed by atoms with van der Waals surface area (Å²) in [5.74, 6) is -0.465. The summed E-state index contributed by atoms with van der Waals surface area (Å²) in [6.07, 6.45) is 1.33. The Balaban J connectivity index is 1.70. The molecule has 1 saturated heterocycles. The fourth-order valence-corrected chi connectivity index (χ4v) is 5.42. The summed E-state index contributed by atoms with van der Waals surface area (Å²) in [6.45, 7) is 6.62. The van der Waals surface area contributed by atoms with Gasteiger partial charge in [0.15, 0.2) is 0 Å². The molecule has 5 nitrogen and oxygen atoms in total. The maximum atomic E-state index is 12.9. The highest BCUT2D eigenvalue weighted by molar-refractivity contribution is 7.89. The van der Waals surface area contributed by atoms with Crippen LogP contribution in [0.2, 0.25) is 5.02 Å². The van der Waals surface area contributed by atoms with Crippen LogP contribution >= 0.6 is 11.6 Å². The zero-order chi connectivity index (χ0) is 21.2. The zero-order valence-corrected chi connectivity index (χ0v) is 18.6. The Labute approximate surface area is 178 Å². The van der Waals surface area contributed by atoms with Crippen molar-refractivity contribution in [3.05, 3.63) is 64.2 Å². The lowest BCUT2D eigenvalue weighted by molar-refractivity contribution is -0.126. The van der Waals surface area contributed by atoms with E-state index in [0.717, 1.165) is 16.7 Å². The number of hydrogen-bond acceptors (Lipinski definition) is 3. The Bertz CT molecular complexity index is 990. The summed E-state index contributed by atoms with van der Waals surface area (Å²) in [6, 6.07) is 12.2. The number of halogens is 1. The number of sulfonamides is 1. The minimum atomic E-state index is -3.64. The van der Waals surface area contributed by atoms with Crippen LogP contribution in [0.25, 0.3) is 0 Å². The van der Waals surface area contributed by atoms with Crippen LogP contribution in [0, 0.1) is 19.8 Å². The third kappa shape index (κ3) is 5.00. The van der Waals surface area contributed by atoms with Crippen molar-refractivity contribution in [1.82, 2.24) is 9.62 Å². The molecule has 29 heavy (non-hydrogen) atoms. The Kier molecular flexibility index (Phi) is 6.66. The first kappa shape index (κ1) is 21.8. The fraction of sp³-hybridized carbons (Fsp3) is 0.409. The van der Waals surface area contributed by atoms with Crippen molar-refractivity contribution in [2.75, 3.05) is 13.1 Å². The first-order chi connectivity index (χ1) is 13.7. The topological polar surface area (TPSA) is 66.5 Å². The first-order valence-electron chi connectivity index (χ1n) is 9.81. The van der Waals surface area contributed by atoms with Crippen LogP contribution < -0.4 is 5.32 Å². The monoisotopic (exact) mass is 434 g/mol. The molecule has 0 aromatic heterocycles. The van der Waals surface area contributed by atoms with E-state index < -0.39 is 10.0 Å². The molecule has 1 aliphatic heterocycles. The summed E-state index contributed by atoms with van der Waals surface area (Å²) in [7, 11) is -3.64. The fourth-order valence-electron chi connectivity index (χ4n) is 3.77. The molecule has 1 amide bonds. The lowest BCUT2D eigenvalue weighted by atomic mass is 9.96. The maximum Gasteiger partial charge on any atom is 0.243 e. The molecule has 156 valence electrons. The first-order valence-corrected chi connectivity index (χ1v) is 11.6. The second kappa shape index (κ2) is 8.86. The predicted molar refractivity (Wildman–Crippen MR) is 115 cm³/mol. The van der Waals surface area contributed by atoms with Gasteiger partial charge in [-0.3, -0.25) is 4.79 Å². The maximum absolute atomic E-state index is 12.9. The average molecular weight is 435 g/mol. The Morgan fingerprint density at radius 1 is 1.17 bits per heavy atom. The number of amides is 1. The van der Waals surface area contributed by atoms with Gasteiger partial charge in [-0.15, -0.1) is 0 Å². The van der Waals surface area contributed by atoms with E-state index in [1.54, 1.807) is 12.1 Å². The third-order valence-electron chi connectivity index (χ3n) is 5.47. The largest absolute Gasteiger partial charge is 0.349 e. The molecule has 1 heterocycles. The molecule has 0 spiro atoms. The van der Waals surface area contributed by atoms with Crippen LogP contribution in [-0.4, -0.2) is 31.7 Å². The summed E-state index contributed by atoms with van der Waals surface area (Å²) < 4.78 is 27.3. The van der Waals surface area contributed by atoms with E-state index in [4.69, 9.17) is 11.6 Å². The molecule has 3 rings (SSSR count). The molecule has 1 aliphatic rings. The number of carbonyl (C=O) groups is 1. The molecule has 1 fully saturated rings. The molecule has 0 unspecified atom stereocenters. The van der Waals surface area contributed by atoms with E-state index in [1.807, 2.05) is 32.9 Å². The highest BCUT2D eigenvalue weighted by Crippen LogP contribution is 2.26. The normalized spacial score (nSPS) is 19.0. The van der Waals surface area contributed by atoms with Gasteiger partial charge in [0, 0.05) is 18.1 Å². The number of aryl methyl sites for hydroxylation is 2. The molecule has 1 N–H and O–H groups in total. The van der Waals surface area contributed by atoms with E-state index in [0.29, 0.717) is 24.4 Å². The highest BCUT2D eigenvalue weighted by Gasteiger charge is 2.33. The molecular formula is C22H27ClN2O3S. The molecule has 0 aliphatic carbocycles. The summed E-state index contributed by atoms with van der Waals surface area (Å²) in [5.41, 5.74) is 3.35. The van der Waals surface area contributed by atoms with Gasteiger partial charge < -0.3 is 5.32 Å². The van der Waals surface area contributed by atoms with E-state index >= 15 is 0 Å². The predicted octanol–water partition coefficient (Wildman–Crippen LogP) is 4.23. The number of rotatable bonds is 5. The van der Waals surface area contributed by atoms with Crippen molar-refractivity contribution >= 4 is 27.5 Å². The van der Waals surface area contributed by atoms with E-state index in [-0.39, 0.29) is 29.3 Å². The second-order valence-corrected chi connectivity index (χ2v) is 10.1. The third-order valence-corrected chi connectivity index (χ3v) is 7.60. The van der Waals surface area contributed by atoms with Crippen molar-refractivity contribution < 1.29 is 13.2 Å². The van der Waals surface area contributed by atoms with Gasteiger partial charge >= 0.3 is 0 Å². The second-order valence-electron chi connectivity index (χ2n) is 7.75. The summed E-state index contributed by atoms with van der Waals surface area (Å²) in [4.78, 5) is 13.1. The van der Waals surface area contributed by atoms with Crippen molar-refractivity contribution in [2.45, 2.75) is 44.6 Å². The van der Waals surface area contributed by atoms with Crippen molar-refractivity contribution in [2.24, 2.45) is 5.92 Å². The van der Waals surface area contributed by atoms with Gasteiger partial charge in [0.25, 0.3) is 0 Å². The number of nitrogens with one attached hydrogen (secondary N) is 1. The lowest BCUT2D eigenvalue weighted by Crippen LogP contribution is -2.45. The quantitative estimate of drug-likeness (QED) is 0.765. The van der Waals surface area contributed by atoms with Crippen LogP contribution in [0.1, 0.15) is 42.5 Å². The number of benzene rings is 2. The average Bonchev–Trinajstić information content (AvgIpc) is 2.70. The standard InChI is InChI=1S/C22H27ClN2O3S/c1-15-6-7-16(2)21(13-15)17(3)24-22(26)18-5-4-12-25(14-18)29(27,28)20-10-8-19(23)9-11-20/h6-11,13,17-18H,4-5,12,14H2,1-3H3,(H,24,26)/t17-,18+/m1/s1. The molecule has 2 atom stereocenters. The molecular weight excluding hydrogens is 408 g/mol. The van der Waals surface area contributed by atoms with Crippen LogP contribution in [0.15, 0.2) is 47.4 Å². The molecule has 2 aromatic rings. The van der Waals surface area contributed by atoms with Crippen molar-refractivity contribution in [1.29, 1.82) is 0 Å². The van der Waals surface area contributed by atoms with E-state index in [9.17, 15) is 13.2 Å². The number of nitrogens with zero attached hydrogens (tertiary/aromatic N) is 1. The van der Waals surface area contributed by atoms with Gasteiger partial charge in [0.05, 0.1) is 16.9 Å². The minimum Gasteiger partial charge on any atom is -0.349 e. The molecule has 0 radical (unpaired) electrons. The lowest BCUT2D eigenvalue weighted by Gasteiger charge is -2.32. The smallest absolute Gasteiger partial charge is 0.243 e. The van der Waals surface area contributed by atoms with E-state index in [1.165, 1.54) is 16.4 Å². The van der Waals surface area contributed by atoms with Crippen LogP contribution in [-0.2, 0) is 14.8 Å². The SMILES string of the molecule is Cc1ccc(C)c([C@@H](C)NC(=O)[C@H]2CCCN(S(=O)(=O)c3ccc(Cl)cc3)C2)c1. The summed E-state index contributed by atoms with van der Waals surface area (Å²) >= 11 is 5.87. The Hall–Kier alpha value is -1.89. The van der Waals surface area contributed by atoms with E-state index in [2.05, 4.69) is 11.4 Å². The molecule has 7 heteroatoms. The van der Waals surface area contributed by atoms with Gasteiger partial charge in [-0.25, -0.2) is 8.42 Å². The van der Waals surface area contributed by atoms with Crippen molar-refractivity contribution in [3.8, 4) is 0 Å². The Morgan fingerprint density at radius 3 is 2.55 bits per heavy atom. The number of carbonyl (C=O) groups excluding carboxylic acids is 1. The van der Waals surface area contributed by atoms with Crippen LogP contribution in [0.3, 0.4) is 0 Å². The van der Waals surface area contributed by atoms with Crippen molar-refractivity contribution in [3.63, 3.8) is 0 Å². The number of hydrogen-bond donors (Lipinski definition) is 1. The highest BCUT2D eigenvalue weighted by atomic mass is 35.5. The van der Waals surface area contributed by atoms with Gasteiger partial charge in [-0.05, 0) is 69.0 Å². The van der Waals surface area contributed by atoms with Gasteiger partial charge in [0.2, 0.25) is 15.9 Å². The zero-order valence-electron chi connectivity index (χ0n) is 17.0. The molecule has 0 bridgehead atoms. The molecule has 0 saturated carbocycles. The van der Waals surface area contributed by atoms with Crippen LogP contribution in [0.4, 0.5) is 0 Å². The van der Waals surface area contributed by atoms with Gasteiger partial charge in [-0.2, -0.15) is 4.31 Å². The molecule has 2 aromatic carbocycles. The van der Waals surface area contributed by atoms with Crippen LogP contribution in [0.5, 0.6) is 0 Å². The summed E-state index contributed by atoms with van der Waals surface area (Å²) in [5, 5.41) is 3.56. The number of piperidine rings is 1.